The minimum absolute atomic E-state index is 0. The van der Waals surface area contributed by atoms with Crippen LogP contribution in [0.5, 0.6) is 0 Å². The molecule has 56 heavy (non-hydrogen) atoms. The van der Waals surface area contributed by atoms with Gasteiger partial charge in [0.15, 0.2) is 5.71 Å². The highest BCUT2D eigenvalue weighted by molar-refractivity contribution is 9.19. The fraction of sp³-hybridized carbons (Fsp3) is 0.111. The van der Waals surface area contributed by atoms with E-state index >= 15 is 0 Å². The molecule has 0 spiro atoms. The van der Waals surface area contributed by atoms with Crippen LogP contribution in [0.25, 0.3) is 0 Å². The summed E-state index contributed by atoms with van der Waals surface area (Å²) in [5.41, 5.74) is 54.1. The van der Waals surface area contributed by atoms with Crippen molar-refractivity contribution in [1.29, 1.82) is 5.41 Å². The maximum absolute atomic E-state index is 9.40. The number of rotatable bonds is 0. The summed E-state index contributed by atoms with van der Waals surface area (Å²) in [6.45, 7) is 3.48. The van der Waals surface area contributed by atoms with Gasteiger partial charge in [0, 0.05) is 98.0 Å². The third kappa shape index (κ3) is 12.7. The second kappa shape index (κ2) is 22.3. The van der Waals surface area contributed by atoms with Gasteiger partial charge in [-0.1, -0.05) is 0 Å². The number of nitrogens with zero attached hydrogens (tertiary/aromatic N) is 5. The summed E-state index contributed by atoms with van der Waals surface area (Å²) in [6, 6.07) is -0.256. The molecule has 1 unspecified atom stereocenters. The summed E-state index contributed by atoms with van der Waals surface area (Å²) < 4.78 is 8.53. The van der Waals surface area contributed by atoms with Crippen LogP contribution in [0.3, 0.4) is 0 Å². The molecule has 1 atom stereocenters. The number of aromatic nitrogens is 4. The first-order valence-electron chi connectivity index (χ1n) is 14.1. The van der Waals surface area contributed by atoms with E-state index in [1.54, 1.807) is 20.0 Å². The quantitative estimate of drug-likeness (QED) is 0.0412. The predicted molar refractivity (Wildman–Crippen MR) is 252 cm³/mol. The maximum Gasteiger partial charge on any atom is 1.00 e. The number of hydrogen-bond acceptors (Lipinski definition) is 15. The topological polar surface area (TPSA) is 366 Å². The molecule has 23 N–H and O–H groups in total. The van der Waals surface area contributed by atoms with Gasteiger partial charge in [-0.25, -0.2) is 4.98 Å². The van der Waals surface area contributed by atoms with Gasteiger partial charge in [-0.15, -0.1) is 0 Å². The fourth-order valence-corrected chi connectivity index (χ4v) is 7.16. The Balaban J connectivity index is 0.000000686. The number of hydroxylamine groups is 1. The van der Waals surface area contributed by atoms with Gasteiger partial charge in [0.2, 0.25) is 24.1 Å². The maximum atomic E-state index is 9.40. The smallest absolute Gasteiger partial charge is 0.396 e. The first-order valence-corrected chi connectivity index (χ1v) is 22.1. The summed E-state index contributed by atoms with van der Waals surface area (Å²) in [6.07, 6.45) is 4.39. The predicted octanol–water partition coefficient (Wildman–Crippen LogP) is 6.06. The van der Waals surface area contributed by atoms with Gasteiger partial charge in [0.05, 0.1) is 43.1 Å². The van der Waals surface area contributed by atoms with Gasteiger partial charge in [-0.05, 0) is 100 Å². The van der Waals surface area contributed by atoms with Crippen molar-refractivity contribution >= 4 is 215 Å². The molecule has 306 valence electrons. The lowest BCUT2D eigenvalue weighted by Crippen LogP contribution is -2.37. The van der Waals surface area contributed by atoms with Gasteiger partial charge in [0.1, 0.15) is 35.1 Å². The Hall–Kier alpha value is -2.12. The standard InChI is InChI=1S/C6H8Br2N3O.C6H7Br2N3O.2C5H5Br2N3O.C5H5Br2N3/c2*1-2-3(7)4(9)5(10)6(8)11(2)12;2*6-2-1-10(11)5(7)4(9)3(2)8;6-2-1-10-5(7)4(9)3(2)8/h2,10,12H,9H2,1H3;9,12H,10H2,1H3;2*1,8,11H,9H2;1H,9H2,(H2,8,10)/q+1;;;;/p+4. The van der Waals surface area contributed by atoms with Crippen molar-refractivity contribution in [2.24, 2.45) is 5.73 Å². The molecule has 4 aromatic rings. The zero-order valence-electron chi connectivity index (χ0n) is 29.3. The lowest BCUT2D eigenvalue weighted by Gasteiger charge is -2.13. The number of nitrogens with two attached hydrogens (primary N) is 9. The Labute approximate surface area is 404 Å². The van der Waals surface area contributed by atoms with E-state index in [0.717, 1.165) is 18.9 Å². The second-order valence-corrected chi connectivity index (χ2v) is 18.3. The van der Waals surface area contributed by atoms with Crippen molar-refractivity contribution < 1.29 is 41.2 Å². The Morgan fingerprint density at radius 2 is 1.00 bits per heavy atom. The summed E-state index contributed by atoms with van der Waals surface area (Å²) in [5.74, 6) is 0. The van der Waals surface area contributed by atoms with E-state index in [9.17, 15) is 10.4 Å². The van der Waals surface area contributed by atoms with Crippen LogP contribution in [0.4, 0.5) is 45.5 Å². The zero-order valence-corrected chi connectivity index (χ0v) is 44.2. The number of pyridine rings is 4. The van der Waals surface area contributed by atoms with Crippen molar-refractivity contribution in [2.45, 2.75) is 19.9 Å². The fourth-order valence-electron chi connectivity index (χ4n) is 3.31. The molecule has 29 heteroatoms. The molecule has 4 aromatic heterocycles. The van der Waals surface area contributed by atoms with E-state index in [1.165, 1.54) is 12.4 Å². The van der Waals surface area contributed by atoms with Crippen molar-refractivity contribution in [1.82, 2.24) is 4.98 Å². The van der Waals surface area contributed by atoms with Gasteiger partial charge in [-0.3, -0.25) is 26.2 Å². The molecule has 0 saturated carbocycles. The average molecular weight is 1430 g/mol. The Kier molecular flexibility index (Phi) is 20.7. The van der Waals surface area contributed by atoms with Crippen LogP contribution in [0, 0.1) is 12.3 Å². The molecule has 0 aromatic carbocycles. The number of allylic oxidation sites excluding steroid dienone is 1. The van der Waals surface area contributed by atoms with E-state index in [2.05, 4.69) is 164 Å². The molecule has 0 bridgehead atoms. The first-order chi connectivity index (χ1) is 25.6. The average Bonchev–Trinajstić information content (AvgIpc) is 3.17. The van der Waals surface area contributed by atoms with Crippen molar-refractivity contribution in [3.05, 3.63) is 70.8 Å². The van der Waals surface area contributed by atoms with Crippen LogP contribution in [0.15, 0.2) is 65.1 Å². The van der Waals surface area contributed by atoms with E-state index in [-0.39, 0.29) is 17.8 Å². The number of anilines is 8. The van der Waals surface area contributed by atoms with Crippen LogP contribution >= 0.6 is 159 Å². The van der Waals surface area contributed by atoms with E-state index in [0.29, 0.717) is 97.7 Å². The first kappa shape index (κ1) is 51.9. The monoisotopic (exact) mass is 1420 g/mol. The minimum atomic E-state index is -0.256. The summed E-state index contributed by atoms with van der Waals surface area (Å²) in [4.78, 5) is 3.90. The molecule has 0 fully saturated rings. The molecular formula is C27H34Br10N15O4+5. The molecule has 19 nitrogen and oxygen atoms in total. The van der Waals surface area contributed by atoms with E-state index in [1.807, 2.05) is 0 Å². The highest BCUT2D eigenvalue weighted by atomic mass is 79.9. The Morgan fingerprint density at radius 1 is 0.607 bits per heavy atom. The molecule has 0 radical (unpaired) electrons. The molecule has 0 aliphatic carbocycles. The van der Waals surface area contributed by atoms with Crippen molar-refractivity contribution in [3.63, 3.8) is 0 Å². The third-order valence-corrected chi connectivity index (χ3v) is 14.4. The van der Waals surface area contributed by atoms with Crippen LogP contribution < -0.4 is 65.8 Å². The van der Waals surface area contributed by atoms with Crippen LogP contribution in [-0.2, 0) is 0 Å². The van der Waals surface area contributed by atoms with E-state index < -0.39 is 0 Å². The van der Waals surface area contributed by atoms with E-state index in [4.69, 9.17) is 67.4 Å². The SMILES string of the molecule is CC1C(Br)=C(N)C(=N)C(Br)=[N+]1O.Cc1c(Br)c(N)c(N)c(Br)[n+]1O.Nc1c(Br)c[n+](O)c(Br)c1N.Nc1c(Br)c[n+](O)c(Br)c1N.Nc1c(Br)cnc(Br)c1N.[H+]. The van der Waals surface area contributed by atoms with Gasteiger partial charge >= 0.3 is 19.9 Å². The normalized spacial score (nSPS) is 13.3. The number of hydrogen-bond donors (Lipinski definition) is 14. The molecule has 5 heterocycles. The number of halogens is 10. The lowest BCUT2D eigenvalue weighted by atomic mass is 10.1. The van der Waals surface area contributed by atoms with Crippen LogP contribution in [0.1, 0.15) is 14.0 Å². The summed E-state index contributed by atoms with van der Waals surface area (Å²) in [5, 5.41) is 44.5. The number of nitrogens with one attached hydrogen (secondary N) is 1. The third-order valence-electron chi connectivity index (χ3n) is 6.71. The van der Waals surface area contributed by atoms with Gasteiger partial charge in [-0.2, -0.15) is 0 Å². The molecular weight excluding hydrogens is 1400 g/mol. The van der Waals surface area contributed by atoms with Crippen molar-refractivity contribution in [2.75, 3.05) is 45.9 Å². The Bertz CT molecular complexity index is 1960. The molecule has 0 amide bonds. The summed E-state index contributed by atoms with van der Waals surface area (Å²) in [7, 11) is 0. The largest absolute Gasteiger partial charge is 1.00 e. The zero-order chi connectivity index (χ0) is 43.8. The Morgan fingerprint density at radius 3 is 1.41 bits per heavy atom. The molecule has 1 aliphatic rings. The minimum Gasteiger partial charge on any atom is -0.396 e. The van der Waals surface area contributed by atoms with Gasteiger partial charge < -0.3 is 51.6 Å². The molecule has 5 rings (SSSR count). The number of nitrogen functional groups attached to an aromatic ring is 8. The summed E-state index contributed by atoms with van der Waals surface area (Å²) >= 11 is 31.3. The molecule has 1 aliphatic heterocycles. The lowest BCUT2D eigenvalue weighted by molar-refractivity contribution is -0.916. The molecule has 0 saturated heterocycles. The highest BCUT2D eigenvalue weighted by Crippen LogP contribution is 2.32. The van der Waals surface area contributed by atoms with Crippen LogP contribution in [-0.4, -0.2) is 46.9 Å². The van der Waals surface area contributed by atoms with Crippen LogP contribution in [0.2, 0.25) is 0 Å². The highest BCUT2D eigenvalue weighted by Gasteiger charge is 2.35. The van der Waals surface area contributed by atoms with Gasteiger partial charge in [0.25, 0.3) is 0 Å². The van der Waals surface area contributed by atoms with Crippen molar-refractivity contribution in [3.8, 4) is 0 Å². The second-order valence-electron chi connectivity index (χ2n) is 10.4.